The summed E-state index contributed by atoms with van der Waals surface area (Å²) in [7, 11) is 1.69. The molecule has 1 amide bonds. The number of Topliss-reactive ketones (excluding diaryl/α,β-unsaturated/α-hetero) is 1. The molecular formula is C14H20N2O4. The Morgan fingerprint density at radius 2 is 2.00 bits per heavy atom. The van der Waals surface area contributed by atoms with Gasteiger partial charge in [0.25, 0.3) is 5.91 Å². The van der Waals surface area contributed by atoms with Gasteiger partial charge in [-0.2, -0.15) is 0 Å². The van der Waals surface area contributed by atoms with E-state index in [0.29, 0.717) is 17.8 Å². The molecule has 1 aromatic heterocycles. The summed E-state index contributed by atoms with van der Waals surface area (Å²) < 4.78 is 1.59. The highest BCUT2D eigenvalue weighted by atomic mass is 16.4. The fraction of sp³-hybridized carbons (Fsp3) is 0.500. The standard InChI is InChI=1S/C14H20N2O4/c1-5-16(9(2)6-13(18)19)14(20)12-7-11(10(3)17)8-15(12)4/h7-9H,5-6H2,1-4H3,(H,18,19). The topological polar surface area (TPSA) is 79.6 Å². The molecule has 0 aliphatic carbocycles. The summed E-state index contributed by atoms with van der Waals surface area (Å²) in [5, 5.41) is 8.82. The Labute approximate surface area is 118 Å². The Bertz CT molecular complexity index is 533. The van der Waals surface area contributed by atoms with E-state index in [-0.39, 0.29) is 18.1 Å². The summed E-state index contributed by atoms with van der Waals surface area (Å²) in [6.45, 7) is 5.34. The molecule has 1 N–H and O–H groups in total. The monoisotopic (exact) mass is 280 g/mol. The quantitative estimate of drug-likeness (QED) is 0.802. The first-order valence-electron chi connectivity index (χ1n) is 6.48. The number of aryl methyl sites for hydroxylation is 1. The van der Waals surface area contributed by atoms with Crippen LogP contribution < -0.4 is 0 Å². The molecule has 1 aromatic rings. The van der Waals surface area contributed by atoms with Crippen LogP contribution in [0.1, 0.15) is 48.0 Å². The number of hydrogen-bond donors (Lipinski definition) is 1. The van der Waals surface area contributed by atoms with Gasteiger partial charge in [0.1, 0.15) is 5.69 Å². The van der Waals surface area contributed by atoms with Crippen LogP contribution in [-0.2, 0) is 11.8 Å². The van der Waals surface area contributed by atoms with Crippen molar-refractivity contribution in [1.82, 2.24) is 9.47 Å². The van der Waals surface area contributed by atoms with Gasteiger partial charge in [0, 0.05) is 31.4 Å². The first-order chi connectivity index (χ1) is 9.27. The van der Waals surface area contributed by atoms with Crippen LogP contribution in [0.15, 0.2) is 12.3 Å². The number of amides is 1. The van der Waals surface area contributed by atoms with Crippen molar-refractivity contribution in [1.29, 1.82) is 0 Å². The van der Waals surface area contributed by atoms with Gasteiger partial charge in [-0.1, -0.05) is 0 Å². The van der Waals surface area contributed by atoms with Crippen LogP contribution in [0.3, 0.4) is 0 Å². The van der Waals surface area contributed by atoms with E-state index >= 15 is 0 Å². The minimum Gasteiger partial charge on any atom is -0.481 e. The Morgan fingerprint density at radius 3 is 2.40 bits per heavy atom. The molecule has 1 atom stereocenters. The van der Waals surface area contributed by atoms with Crippen molar-refractivity contribution in [3.8, 4) is 0 Å². The van der Waals surface area contributed by atoms with E-state index < -0.39 is 12.0 Å². The van der Waals surface area contributed by atoms with Crippen LogP contribution >= 0.6 is 0 Å². The number of rotatable bonds is 6. The Kier molecular flexibility index (Phi) is 5.07. The van der Waals surface area contributed by atoms with Crippen molar-refractivity contribution >= 4 is 17.7 Å². The van der Waals surface area contributed by atoms with E-state index in [0.717, 1.165) is 0 Å². The van der Waals surface area contributed by atoms with Gasteiger partial charge in [-0.25, -0.2) is 0 Å². The predicted molar refractivity (Wildman–Crippen MR) is 73.8 cm³/mol. The van der Waals surface area contributed by atoms with Gasteiger partial charge in [-0.15, -0.1) is 0 Å². The zero-order valence-electron chi connectivity index (χ0n) is 12.2. The lowest BCUT2D eigenvalue weighted by atomic mass is 10.1. The van der Waals surface area contributed by atoms with Gasteiger partial charge in [-0.3, -0.25) is 14.4 Å². The van der Waals surface area contributed by atoms with Crippen LogP contribution in [0.2, 0.25) is 0 Å². The highest BCUT2D eigenvalue weighted by Gasteiger charge is 2.24. The third kappa shape index (κ3) is 3.46. The zero-order valence-corrected chi connectivity index (χ0v) is 12.2. The molecule has 0 radical (unpaired) electrons. The molecule has 0 aliphatic heterocycles. The second kappa shape index (κ2) is 6.36. The van der Waals surface area contributed by atoms with Crippen LogP contribution in [-0.4, -0.2) is 44.8 Å². The van der Waals surface area contributed by atoms with Crippen LogP contribution in [0, 0.1) is 0 Å². The number of carbonyl (C=O) groups is 3. The summed E-state index contributed by atoms with van der Waals surface area (Å²) >= 11 is 0. The van der Waals surface area contributed by atoms with Crippen molar-refractivity contribution in [3.05, 3.63) is 23.5 Å². The van der Waals surface area contributed by atoms with E-state index in [9.17, 15) is 14.4 Å². The molecule has 0 saturated carbocycles. The van der Waals surface area contributed by atoms with Gasteiger partial charge in [0.05, 0.1) is 6.42 Å². The molecular weight excluding hydrogens is 260 g/mol. The lowest BCUT2D eigenvalue weighted by molar-refractivity contribution is -0.138. The lowest BCUT2D eigenvalue weighted by Gasteiger charge is -2.27. The Morgan fingerprint density at radius 1 is 1.40 bits per heavy atom. The Balaban J connectivity index is 3.02. The largest absolute Gasteiger partial charge is 0.481 e. The lowest BCUT2D eigenvalue weighted by Crippen LogP contribution is -2.40. The minimum absolute atomic E-state index is 0.108. The van der Waals surface area contributed by atoms with Gasteiger partial charge in [0.2, 0.25) is 0 Å². The molecule has 1 rings (SSSR count). The highest BCUT2D eigenvalue weighted by molar-refractivity contribution is 5.99. The molecule has 6 nitrogen and oxygen atoms in total. The molecule has 1 unspecified atom stereocenters. The third-order valence-electron chi connectivity index (χ3n) is 3.23. The zero-order chi connectivity index (χ0) is 15.4. The number of carbonyl (C=O) groups excluding carboxylic acids is 2. The summed E-state index contributed by atoms with van der Waals surface area (Å²) in [6.07, 6.45) is 1.49. The molecule has 0 aliphatic rings. The van der Waals surface area contributed by atoms with Crippen LogP contribution in [0.25, 0.3) is 0 Å². The molecule has 0 aromatic carbocycles. The first-order valence-corrected chi connectivity index (χ1v) is 6.48. The van der Waals surface area contributed by atoms with Gasteiger partial charge in [-0.05, 0) is 26.8 Å². The number of aromatic nitrogens is 1. The SMILES string of the molecule is CCN(C(=O)c1cc(C(C)=O)cn1C)C(C)CC(=O)O. The molecule has 0 bridgehead atoms. The molecule has 110 valence electrons. The summed E-state index contributed by atoms with van der Waals surface area (Å²) in [4.78, 5) is 36.0. The summed E-state index contributed by atoms with van der Waals surface area (Å²) in [5.74, 6) is -1.32. The second-order valence-electron chi connectivity index (χ2n) is 4.82. The number of hydrogen-bond acceptors (Lipinski definition) is 3. The maximum atomic E-state index is 12.5. The summed E-state index contributed by atoms with van der Waals surface area (Å²) in [6, 6.07) is 1.14. The minimum atomic E-state index is -0.944. The van der Waals surface area contributed by atoms with Crippen molar-refractivity contribution in [2.45, 2.75) is 33.2 Å². The van der Waals surface area contributed by atoms with E-state index in [1.54, 1.807) is 37.7 Å². The average molecular weight is 280 g/mol. The normalized spacial score (nSPS) is 12.0. The molecule has 0 spiro atoms. The molecule has 6 heteroatoms. The molecule has 0 saturated heterocycles. The number of carboxylic acid groups (broad SMARTS) is 1. The fourth-order valence-electron chi connectivity index (χ4n) is 2.14. The molecule has 0 fully saturated rings. The first kappa shape index (κ1) is 15.9. The second-order valence-corrected chi connectivity index (χ2v) is 4.82. The van der Waals surface area contributed by atoms with E-state index in [2.05, 4.69) is 0 Å². The van der Waals surface area contributed by atoms with Crippen molar-refractivity contribution in [3.63, 3.8) is 0 Å². The summed E-state index contributed by atoms with van der Waals surface area (Å²) in [5.41, 5.74) is 0.854. The van der Waals surface area contributed by atoms with Crippen molar-refractivity contribution in [2.24, 2.45) is 7.05 Å². The maximum absolute atomic E-state index is 12.5. The Hall–Kier alpha value is -2.11. The highest BCUT2D eigenvalue weighted by Crippen LogP contribution is 2.14. The maximum Gasteiger partial charge on any atom is 0.305 e. The van der Waals surface area contributed by atoms with E-state index in [4.69, 9.17) is 5.11 Å². The fourth-order valence-corrected chi connectivity index (χ4v) is 2.14. The van der Waals surface area contributed by atoms with Crippen LogP contribution in [0.4, 0.5) is 0 Å². The number of carboxylic acids is 1. The molecule has 20 heavy (non-hydrogen) atoms. The van der Waals surface area contributed by atoms with E-state index in [1.807, 2.05) is 0 Å². The van der Waals surface area contributed by atoms with Gasteiger partial charge < -0.3 is 14.6 Å². The van der Waals surface area contributed by atoms with Crippen molar-refractivity contribution < 1.29 is 19.5 Å². The molecule has 1 heterocycles. The predicted octanol–water partition coefficient (Wildman–Crippen LogP) is 1.55. The number of aliphatic carboxylic acids is 1. The smallest absolute Gasteiger partial charge is 0.305 e. The van der Waals surface area contributed by atoms with Gasteiger partial charge in [0.15, 0.2) is 5.78 Å². The van der Waals surface area contributed by atoms with E-state index in [1.165, 1.54) is 11.8 Å². The number of nitrogens with zero attached hydrogens (tertiary/aromatic N) is 2. The third-order valence-corrected chi connectivity index (χ3v) is 3.23. The average Bonchev–Trinajstić information content (AvgIpc) is 2.71. The number of ketones is 1. The van der Waals surface area contributed by atoms with Gasteiger partial charge >= 0.3 is 5.97 Å². The van der Waals surface area contributed by atoms with Crippen LogP contribution in [0.5, 0.6) is 0 Å². The van der Waals surface area contributed by atoms with Crippen molar-refractivity contribution in [2.75, 3.05) is 6.54 Å².